The molecule has 1 atom stereocenters. The summed E-state index contributed by atoms with van der Waals surface area (Å²) in [5.41, 5.74) is 3.13. The summed E-state index contributed by atoms with van der Waals surface area (Å²) >= 11 is 6.40. The molecular formula is C24H20ClN5O. The van der Waals surface area contributed by atoms with Gasteiger partial charge in [0.05, 0.1) is 22.1 Å². The second kappa shape index (κ2) is 7.89. The van der Waals surface area contributed by atoms with Gasteiger partial charge in [-0.25, -0.2) is 9.97 Å². The molecular weight excluding hydrogens is 410 g/mol. The van der Waals surface area contributed by atoms with E-state index in [1.807, 2.05) is 67.6 Å². The fourth-order valence-electron chi connectivity index (χ4n) is 3.92. The van der Waals surface area contributed by atoms with Crippen molar-refractivity contribution in [3.8, 4) is 5.69 Å². The number of pyridine rings is 1. The molecule has 1 aliphatic heterocycles. The summed E-state index contributed by atoms with van der Waals surface area (Å²) < 4.78 is 1.72. The molecule has 2 aromatic heterocycles. The van der Waals surface area contributed by atoms with E-state index in [0.717, 1.165) is 28.1 Å². The lowest BCUT2D eigenvalue weighted by Crippen LogP contribution is -2.26. The predicted octanol–water partition coefficient (Wildman–Crippen LogP) is 5.05. The van der Waals surface area contributed by atoms with Gasteiger partial charge in [0.15, 0.2) is 5.82 Å². The number of nitrogens with zero attached hydrogens (tertiary/aromatic N) is 3. The minimum Gasteiger partial charge on any atom is -0.377 e. The third kappa shape index (κ3) is 3.45. The van der Waals surface area contributed by atoms with Gasteiger partial charge in [-0.1, -0.05) is 48.0 Å². The van der Waals surface area contributed by atoms with Crippen LogP contribution in [0.4, 0.5) is 11.5 Å². The summed E-state index contributed by atoms with van der Waals surface area (Å²) in [5, 5.41) is 8.54. The van der Waals surface area contributed by atoms with Crippen molar-refractivity contribution in [3.63, 3.8) is 0 Å². The molecule has 0 radical (unpaired) electrons. The van der Waals surface area contributed by atoms with Gasteiger partial charge in [-0.05, 0) is 42.7 Å². The molecule has 1 aliphatic rings. The van der Waals surface area contributed by atoms with Crippen molar-refractivity contribution in [2.24, 2.45) is 0 Å². The van der Waals surface area contributed by atoms with Gasteiger partial charge < -0.3 is 10.6 Å². The first kappa shape index (κ1) is 19.3. The van der Waals surface area contributed by atoms with Crippen molar-refractivity contribution in [2.75, 3.05) is 17.2 Å². The van der Waals surface area contributed by atoms with E-state index < -0.39 is 0 Å². The Hall–Kier alpha value is -3.64. The first-order valence-electron chi connectivity index (χ1n) is 10.0. The number of hydrogen-bond acceptors (Lipinski definition) is 5. The molecule has 0 spiro atoms. The predicted molar refractivity (Wildman–Crippen MR) is 126 cm³/mol. The molecule has 0 aliphatic carbocycles. The van der Waals surface area contributed by atoms with Crippen LogP contribution in [-0.4, -0.2) is 21.1 Å². The van der Waals surface area contributed by atoms with Gasteiger partial charge in [-0.15, -0.1) is 0 Å². The molecule has 0 fully saturated rings. The molecule has 0 amide bonds. The van der Waals surface area contributed by atoms with E-state index in [1.54, 1.807) is 10.6 Å². The van der Waals surface area contributed by atoms with Gasteiger partial charge in [-0.2, -0.15) is 0 Å². The largest absolute Gasteiger partial charge is 0.377 e. The lowest BCUT2D eigenvalue weighted by molar-refractivity contribution is 0.773. The van der Waals surface area contributed by atoms with E-state index in [2.05, 4.69) is 20.6 Å². The minimum absolute atomic E-state index is 0.149. The molecule has 0 saturated heterocycles. The molecule has 0 saturated carbocycles. The normalized spacial score (nSPS) is 13.5. The molecule has 6 nitrogen and oxygen atoms in total. The molecule has 4 aromatic rings. The zero-order valence-electron chi connectivity index (χ0n) is 16.8. The van der Waals surface area contributed by atoms with Crippen molar-refractivity contribution >= 4 is 40.0 Å². The van der Waals surface area contributed by atoms with E-state index >= 15 is 0 Å². The second-order valence-corrected chi connectivity index (χ2v) is 7.79. The monoisotopic (exact) mass is 429 g/mol. The van der Waals surface area contributed by atoms with Gasteiger partial charge in [0, 0.05) is 17.9 Å². The summed E-state index contributed by atoms with van der Waals surface area (Å²) in [6, 6.07) is 16.9. The average molecular weight is 430 g/mol. The summed E-state index contributed by atoms with van der Waals surface area (Å²) in [6.45, 7) is 2.73. The maximum absolute atomic E-state index is 13.6. The summed E-state index contributed by atoms with van der Waals surface area (Å²) in [4.78, 5) is 22.3. The maximum Gasteiger partial charge on any atom is 0.264 e. The van der Waals surface area contributed by atoms with E-state index in [9.17, 15) is 4.79 Å². The van der Waals surface area contributed by atoms with Crippen molar-refractivity contribution in [1.29, 1.82) is 0 Å². The molecule has 7 heteroatoms. The Morgan fingerprint density at radius 2 is 1.97 bits per heavy atom. The van der Waals surface area contributed by atoms with E-state index in [0.29, 0.717) is 22.8 Å². The first-order chi connectivity index (χ1) is 15.1. The molecule has 154 valence electrons. The molecule has 0 bridgehead atoms. The van der Waals surface area contributed by atoms with Gasteiger partial charge in [0.25, 0.3) is 5.56 Å². The SMILES string of the molecule is C[C@H](Nc1ncnc2c1NCC=C2)c1cc2cccc(Cl)c2c(=O)n1-c1ccccc1. The van der Waals surface area contributed by atoms with Crippen molar-refractivity contribution in [3.05, 3.63) is 93.8 Å². The Morgan fingerprint density at radius 1 is 1.13 bits per heavy atom. The van der Waals surface area contributed by atoms with Crippen LogP contribution in [0.2, 0.25) is 5.02 Å². The van der Waals surface area contributed by atoms with Gasteiger partial charge in [-0.3, -0.25) is 9.36 Å². The van der Waals surface area contributed by atoms with Crippen LogP contribution >= 0.6 is 11.6 Å². The van der Waals surface area contributed by atoms with Crippen LogP contribution in [0.5, 0.6) is 0 Å². The van der Waals surface area contributed by atoms with Crippen molar-refractivity contribution in [1.82, 2.24) is 14.5 Å². The number of rotatable bonds is 4. The van der Waals surface area contributed by atoms with Crippen molar-refractivity contribution < 1.29 is 0 Å². The molecule has 3 heterocycles. The average Bonchev–Trinajstić information content (AvgIpc) is 2.79. The van der Waals surface area contributed by atoms with Crippen LogP contribution in [-0.2, 0) is 0 Å². The first-order valence-corrected chi connectivity index (χ1v) is 10.4. The van der Waals surface area contributed by atoms with Crippen molar-refractivity contribution in [2.45, 2.75) is 13.0 Å². The zero-order chi connectivity index (χ0) is 21.4. The van der Waals surface area contributed by atoms with Crippen LogP contribution in [0.15, 0.2) is 71.8 Å². The highest BCUT2D eigenvalue weighted by Gasteiger charge is 2.20. The number of para-hydroxylation sites is 1. The standard InChI is InChI=1S/C24H20ClN5O/c1-15(29-23-22-19(27-14-28-23)11-6-12-26-22)20-13-16-7-5-10-18(25)21(16)24(31)30(20)17-8-3-2-4-9-17/h2-11,13-15,26H,12H2,1H3,(H,27,28,29)/t15-/m0/s1. The maximum atomic E-state index is 13.6. The third-order valence-electron chi connectivity index (χ3n) is 5.38. The molecule has 5 rings (SSSR count). The van der Waals surface area contributed by atoms with Crippen LogP contribution < -0.4 is 16.2 Å². The number of halogens is 1. The van der Waals surface area contributed by atoms with Gasteiger partial charge >= 0.3 is 0 Å². The van der Waals surface area contributed by atoms with Crippen LogP contribution in [0.25, 0.3) is 22.5 Å². The highest BCUT2D eigenvalue weighted by atomic mass is 35.5. The molecule has 2 aromatic carbocycles. The highest BCUT2D eigenvalue weighted by molar-refractivity contribution is 6.35. The lowest BCUT2D eigenvalue weighted by atomic mass is 10.1. The fourth-order valence-corrected chi connectivity index (χ4v) is 4.18. The topological polar surface area (TPSA) is 71.8 Å². The second-order valence-electron chi connectivity index (χ2n) is 7.38. The fraction of sp³-hybridized carbons (Fsp3) is 0.125. The number of nitrogens with one attached hydrogen (secondary N) is 2. The van der Waals surface area contributed by atoms with Crippen LogP contribution in [0.3, 0.4) is 0 Å². The summed E-state index contributed by atoms with van der Waals surface area (Å²) in [6.07, 6.45) is 5.53. The lowest BCUT2D eigenvalue weighted by Gasteiger charge is -2.23. The zero-order valence-corrected chi connectivity index (χ0v) is 17.6. The molecule has 31 heavy (non-hydrogen) atoms. The Kier molecular flexibility index (Phi) is 4.92. The smallest absolute Gasteiger partial charge is 0.264 e. The molecule has 2 N–H and O–H groups in total. The number of fused-ring (bicyclic) bond motifs is 2. The number of aromatic nitrogens is 3. The third-order valence-corrected chi connectivity index (χ3v) is 5.70. The summed E-state index contributed by atoms with van der Waals surface area (Å²) in [7, 11) is 0. The van der Waals surface area contributed by atoms with Gasteiger partial charge in [0.1, 0.15) is 12.0 Å². The number of benzene rings is 2. The Labute approximate surface area is 184 Å². The van der Waals surface area contributed by atoms with Crippen LogP contribution in [0, 0.1) is 0 Å². The van der Waals surface area contributed by atoms with Crippen LogP contribution in [0.1, 0.15) is 24.4 Å². The minimum atomic E-state index is -0.219. The van der Waals surface area contributed by atoms with E-state index in [4.69, 9.17) is 11.6 Å². The Morgan fingerprint density at radius 3 is 2.81 bits per heavy atom. The molecule has 0 unspecified atom stereocenters. The van der Waals surface area contributed by atoms with Gasteiger partial charge in [0.2, 0.25) is 0 Å². The quantitative estimate of drug-likeness (QED) is 0.475. The van der Waals surface area contributed by atoms with E-state index in [-0.39, 0.29) is 11.6 Å². The number of anilines is 2. The number of hydrogen-bond donors (Lipinski definition) is 2. The van der Waals surface area contributed by atoms with E-state index in [1.165, 1.54) is 6.33 Å². The Bertz CT molecular complexity index is 1360. The highest BCUT2D eigenvalue weighted by Crippen LogP contribution is 2.30. The summed E-state index contributed by atoms with van der Waals surface area (Å²) in [5.74, 6) is 0.695. The Balaban J connectivity index is 1.68.